The number of fused-ring (bicyclic) bond motifs is 1. The molecule has 3 heterocycles. The van der Waals surface area contributed by atoms with Crippen molar-refractivity contribution in [3.05, 3.63) is 10.9 Å². The van der Waals surface area contributed by atoms with Crippen LogP contribution in [0.3, 0.4) is 0 Å². The number of carbonyl (C=O) groups is 2. The Morgan fingerprint density at radius 3 is 2.90 bits per heavy atom. The number of anilines is 1. The Kier molecular flexibility index (Phi) is 3.41. The lowest BCUT2D eigenvalue weighted by molar-refractivity contribution is -0.169. The van der Waals surface area contributed by atoms with Gasteiger partial charge in [-0.2, -0.15) is 0 Å². The van der Waals surface area contributed by atoms with E-state index in [1.165, 1.54) is 0 Å². The van der Waals surface area contributed by atoms with Crippen molar-refractivity contribution in [3.8, 4) is 5.75 Å². The van der Waals surface area contributed by atoms with Crippen LogP contribution in [-0.2, 0) is 16.1 Å². The predicted octanol–water partition coefficient (Wildman–Crippen LogP) is 1.87. The maximum absolute atomic E-state index is 12.2. The van der Waals surface area contributed by atoms with Crippen LogP contribution in [0.25, 0.3) is 0 Å². The molecule has 21 heavy (non-hydrogen) atoms. The number of imide groups is 1. The quantitative estimate of drug-likeness (QED) is 0.834. The molecule has 2 N–H and O–H groups in total. The Morgan fingerprint density at radius 1 is 1.48 bits per heavy atom. The minimum Gasteiger partial charge on any atom is -0.403 e. The van der Waals surface area contributed by atoms with Crippen molar-refractivity contribution >= 4 is 28.2 Å². The summed E-state index contributed by atoms with van der Waals surface area (Å²) >= 11 is 1.61. The molecule has 2 aliphatic heterocycles. The molecule has 2 amide bonds. The summed E-state index contributed by atoms with van der Waals surface area (Å²) in [5, 5.41) is 10.5. The second kappa shape index (κ2) is 4.99. The Balaban J connectivity index is 1.79. The SMILES string of the molecule is CC(C)Nc1scc2c1CN([C@]1(C)CCC(=O)NC1=O)O2. The molecule has 7 heteroatoms. The maximum Gasteiger partial charge on any atom is 0.250 e. The lowest BCUT2D eigenvalue weighted by Crippen LogP contribution is -2.60. The average Bonchev–Trinajstić information content (AvgIpc) is 2.96. The molecule has 0 unspecified atom stereocenters. The summed E-state index contributed by atoms with van der Waals surface area (Å²) in [5.74, 6) is 0.299. The van der Waals surface area contributed by atoms with Crippen molar-refractivity contribution in [2.24, 2.45) is 0 Å². The zero-order valence-corrected chi connectivity index (χ0v) is 13.2. The lowest BCUT2D eigenvalue weighted by Gasteiger charge is -2.37. The highest BCUT2D eigenvalue weighted by molar-refractivity contribution is 7.14. The van der Waals surface area contributed by atoms with Crippen LogP contribution in [0.5, 0.6) is 5.75 Å². The molecule has 1 aromatic heterocycles. The number of amides is 2. The Labute approximate surface area is 127 Å². The van der Waals surface area contributed by atoms with Crippen LogP contribution in [0, 0.1) is 0 Å². The molecule has 0 saturated carbocycles. The molecule has 1 saturated heterocycles. The van der Waals surface area contributed by atoms with E-state index < -0.39 is 5.54 Å². The highest BCUT2D eigenvalue weighted by Gasteiger charge is 2.48. The third-order valence-electron chi connectivity index (χ3n) is 3.92. The van der Waals surface area contributed by atoms with Crippen LogP contribution >= 0.6 is 11.3 Å². The van der Waals surface area contributed by atoms with Crippen molar-refractivity contribution < 1.29 is 14.4 Å². The summed E-state index contributed by atoms with van der Waals surface area (Å²) in [6.07, 6.45) is 0.810. The standard InChI is InChI=1S/C14H19N3O3S/c1-8(2)15-12-9-6-17(20-10(9)7-21-12)14(3)5-4-11(18)16-13(14)19/h7-8,15H,4-6H2,1-3H3,(H,16,18,19)/t14-/m1/s1. The summed E-state index contributed by atoms with van der Waals surface area (Å²) in [4.78, 5) is 29.4. The van der Waals surface area contributed by atoms with Gasteiger partial charge in [0.05, 0.1) is 11.5 Å². The number of nitrogens with zero attached hydrogens (tertiary/aromatic N) is 1. The predicted molar refractivity (Wildman–Crippen MR) is 80.0 cm³/mol. The van der Waals surface area contributed by atoms with Crippen LogP contribution in [-0.4, -0.2) is 28.5 Å². The van der Waals surface area contributed by atoms with E-state index in [0.29, 0.717) is 25.4 Å². The molecule has 0 aliphatic carbocycles. The fourth-order valence-corrected chi connectivity index (χ4v) is 3.60. The molecular weight excluding hydrogens is 290 g/mol. The van der Waals surface area contributed by atoms with E-state index in [9.17, 15) is 9.59 Å². The number of hydroxylamine groups is 2. The monoisotopic (exact) mass is 309 g/mol. The Morgan fingerprint density at radius 2 is 2.24 bits per heavy atom. The maximum atomic E-state index is 12.2. The minimum absolute atomic E-state index is 0.215. The molecule has 1 aromatic rings. The van der Waals surface area contributed by atoms with E-state index in [1.807, 2.05) is 12.3 Å². The van der Waals surface area contributed by atoms with Crippen molar-refractivity contribution in [2.45, 2.75) is 51.7 Å². The molecule has 3 rings (SSSR count). The van der Waals surface area contributed by atoms with Crippen LogP contribution in [0.15, 0.2) is 5.38 Å². The first kappa shape index (κ1) is 14.3. The summed E-state index contributed by atoms with van der Waals surface area (Å²) < 4.78 is 0. The molecule has 1 fully saturated rings. The van der Waals surface area contributed by atoms with Gasteiger partial charge in [-0.15, -0.1) is 16.4 Å². The normalized spacial score (nSPS) is 25.7. The summed E-state index contributed by atoms with van der Waals surface area (Å²) in [6.45, 7) is 6.54. The van der Waals surface area contributed by atoms with E-state index >= 15 is 0 Å². The molecular formula is C14H19N3O3S. The first-order valence-corrected chi connectivity index (χ1v) is 7.95. The molecule has 6 nitrogen and oxygen atoms in total. The van der Waals surface area contributed by atoms with Crippen LogP contribution in [0.4, 0.5) is 5.00 Å². The van der Waals surface area contributed by atoms with E-state index in [0.717, 1.165) is 16.3 Å². The number of piperidine rings is 1. The van der Waals surface area contributed by atoms with Crippen molar-refractivity contribution in [3.63, 3.8) is 0 Å². The molecule has 2 aliphatic rings. The van der Waals surface area contributed by atoms with Gasteiger partial charge in [-0.3, -0.25) is 14.9 Å². The summed E-state index contributed by atoms with van der Waals surface area (Å²) in [6, 6.07) is 0.341. The fourth-order valence-electron chi connectivity index (χ4n) is 2.58. The Bertz CT molecular complexity index is 598. The van der Waals surface area contributed by atoms with Gasteiger partial charge in [0.25, 0.3) is 0 Å². The third-order valence-corrected chi connectivity index (χ3v) is 4.85. The summed E-state index contributed by atoms with van der Waals surface area (Å²) in [7, 11) is 0. The van der Waals surface area contributed by atoms with Gasteiger partial charge in [0, 0.05) is 23.4 Å². The van der Waals surface area contributed by atoms with Gasteiger partial charge in [-0.05, 0) is 27.2 Å². The molecule has 0 aromatic carbocycles. The van der Waals surface area contributed by atoms with Gasteiger partial charge in [0.15, 0.2) is 5.75 Å². The van der Waals surface area contributed by atoms with Gasteiger partial charge in [0.2, 0.25) is 11.8 Å². The molecule has 114 valence electrons. The molecule has 0 bridgehead atoms. The van der Waals surface area contributed by atoms with E-state index in [2.05, 4.69) is 24.5 Å². The number of thiophene rings is 1. The average molecular weight is 309 g/mol. The van der Waals surface area contributed by atoms with Crippen molar-refractivity contribution in [1.29, 1.82) is 0 Å². The number of rotatable bonds is 3. The number of nitrogens with one attached hydrogen (secondary N) is 2. The van der Waals surface area contributed by atoms with Gasteiger partial charge in [-0.1, -0.05) is 0 Å². The minimum atomic E-state index is -0.806. The number of hydrogen-bond acceptors (Lipinski definition) is 6. The zero-order valence-electron chi connectivity index (χ0n) is 12.4. The molecule has 1 atom stereocenters. The van der Waals surface area contributed by atoms with Gasteiger partial charge in [-0.25, -0.2) is 0 Å². The Hall–Kier alpha value is -1.60. The third kappa shape index (κ3) is 2.40. The van der Waals surface area contributed by atoms with E-state index in [4.69, 9.17) is 4.84 Å². The first-order valence-electron chi connectivity index (χ1n) is 7.07. The number of hydrogen-bond donors (Lipinski definition) is 2. The van der Waals surface area contributed by atoms with Gasteiger partial charge >= 0.3 is 0 Å². The van der Waals surface area contributed by atoms with Gasteiger partial charge in [0.1, 0.15) is 5.54 Å². The lowest BCUT2D eigenvalue weighted by atomic mass is 9.90. The van der Waals surface area contributed by atoms with Crippen molar-refractivity contribution in [1.82, 2.24) is 10.4 Å². The van der Waals surface area contributed by atoms with Crippen LogP contribution in [0.1, 0.15) is 39.2 Å². The highest BCUT2D eigenvalue weighted by Crippen LogP contribution is 2.43. The first-order chi connectivity index (χ1) is 9.90. The van der Waals surface area contributed by atoms with Gasteiger partial charge < -0.3 is 10.2 Å². The topological polar surface area (TPSA) is 70.7 Å². The zero-order chi connectivity index (χ0) is 15.2. The van der Waals surface area contributed by atoms with E-state index in [1.54, 1.807) is 16.4 Å². The van der Waals surface area contributed by atoms with Crippen molar-refractivity contribution in [2.75, 3.05) is 5.32 Å². The largest absolute Gasteiger partial charge is 0.403 e. The molecule has 0 radical (unpaired) electrons. The van der Waals surface area contributed by atoms with E-state index in [-0.39, 0.29) is 11.8 Å². The molecule has 0 spiro atoms. The van der Waals surface area contributed by atoms with Crippen LogP contribution in [0.2, 0.25) is 0 Å². The second-order valence-corrected chi connectivity index (χ2v) is 6.87. The number of carbonyl (C=O) groups excluding carboxylic acids is 2. The van der Waals surface area contributed by atoms with Crippen LogP contribution < -0.4 is 15.5 Å². The fraction of sp³-hybridized carbons (Fsp3) is 0.571. The smallest absolute Gasteiger partial charge is 0.250 e. The highest BCUT2D eigenvalue weighted by atomic mass is 32.1. The summed E-state index contributed by atoms with van der Waals surface area (Å²) in [5.41, 5.74) is 0.277. The second-order valence-electron chi connectivity index (χ2n) is 5.99.